The van der Waals surface area contributed by atoms with E-state index in [0.717, 1.165) is 37.9 Å². The Morgan fingerprint density at radius 2 is 1.89 bits per heavy atom. The molecule has 2 aliphatic rings. The molecule has 2 atom stereocenters. The van der Waals surface area contributed by atoms with Crippen molar-refractivity contribution in [1.82, 2.24) is 4.90 Å². The molecule has 1 saturated carbocycles. The molecule has 19 heavy (non-hydrogen) atoms. The Bertz CT molecular complexity index is 287. The Labute approximate surface area is 116 Å². The number of nitrogens with zero attached hydrogens (tertiary/aromatic N) is 1. The first-order valence-corrected chi connectivity index (χ1v) is 7.78. The minimum atomic E-state index is -0.860. The van der Waals surface area contributed by atoms with E-state index in [9.17, 15) is 4.79 Å². The molecule has 0 aromatic carbocycles. The highest BCUT2D eigenvalue weighted by Crippen LogP contribution is 2.32. The molecule has 1 N–H and O–H groups in total. The van der Waals surface area contributed by atoms with Gasteiger partial charge in [-0.15, -0.1) is 0 Å². The van der Waals surface area contributed by atoms with Gasteiger partial charge in [0.05, 0.1) is 6.10 Å². The second kappa shape index (κ2) is 7.25. The van der Waals surface area contributed by atoms with E-state index < -0.39 is 5.97 Å². The molecule has 2 rings (SSSR count). The molecule has 0 aromatic rings. The van der Waals surface area contributed by atoms with E-state index in [4.69, 9.17) is 9.84 Å². The SMILES string of the molecule is CCC1CCCCC1N1CCC(OCC(=O)O)CC1. The van der Waals surface area contributed by atoms with Gasteiger partial charge in [-0.05, 0) is 31.6 Å². The molecule has 4 heteroatoms. The first kappa shape index (κ1) is 14.8. The van der Waals surface area contributed by atoms with Crippen molar-refractivity contribution in [3.8, 4) is 0 Å². The number of aliphatic carboxylic acids is 1. The lowest BCUT2D eigenvalue weighted by molar-refractivity contribution is -0.145. The molecule has 0 radical (unpaired) electrons. The number of piperidine rings is 1. The van der Waals surface area contributed by atoms with E-state index in [1.165, 1.54) is 32.1 Å². The Balaban J connectivity index is 1.77. The maximum absolute atomic E-state index is 10.5. The second-order valence-corrected chi connectivity index (χ2v) is 5.96. The van der Waals surface area contributed by atoms with Crippen LogP contribution in [0.3, 0.4) is 0 Å². The number of rotatable bonds is 5. The average molecular weight is 269 g/mol. The van der Waals surface area contributed by atoms with E-state index in [-0.39, 0.29) is 12.7 Å². The van der Waals surface area contributed by atoms with Crippen molar-refractivity contribution in [3.63, 3.8) is 0 Å². The quantitative estimate of drug-likeness (QED) is 0.833. The minimum Gasteiger partial charge on any atom is -0.480 e. The summed E-state index contributed by atoms with van der Waals surface area (Å²) in [6.07, 6.45) is 8.91. The maximum atomic E-state index is 10.5. The molecule has 1 heterocycles. The fraction of sp³-hybridized carbons (Fsp3) is 0.933. The van der Waals surface area contributed by atoms with E-state index >= 15 is 0 Å². The molecule has 2 unspecified atom stereocenters. The van der Waals surface area contributed by atoms with Crippen LogP contribution >= 0.6 is 0 Å². The first-order valence-electron chi connectivity index (χ1n) is 7.78. The van der Waals surface area contributed by atoms with Crippen LogP contribution in [0.5, 0.6) is 0 Å². The summed E-state index contributed by atoms with van der Waals surface area (Å²) in [6.45, 7) is 4.31. The van der Waals surface area contributed by atoms with Gasteiger partial charge in [0, 0.05) is 19.1 Å². The smallest absolute Gasteiger partial charge is 0.329 e. The van der Waals surface area contributed by atoms with Crippen molar-refractivity contribution in [2.75, 3.05) is 19.7 Å². The molecule has 0 spiro atoms. The number of hydrogen-bond acceptors (Lipinski definition) is 3. The van der Waals surface area contributed by atoms with Gasteiger partial charge in [-0.25, -0.2) is 4.79 Å². The van der Waals surface area contributed by atoms with Crippen molar-refractivity contribution in [2.24, 2.45) is 5.92 Å². The van der Waals surface area contributed by atoms with Gasteiger partial charge < -0.3 is 9.84 Å². The van der Waals surface area contributed by atoms with Crippen LogP contribution in [0.15, 0.2) is 0 Å². The van der Waals surface area contributed by atoms with E-state index in [1.54, 1.807) is 0 Å². The largest absolute Gasteiger partial charge is 0.480 e. The van der Waals surface area contributed by atoms with Crippen molar-refractivity contribution in [2.45, 2.75) is 64.0 Å². The van der Waals surface area contributed by atoms with Gasteiger partial charge in [0.2, 0.25) is 0 Å². The zero-order chi connectivity index (χ0) is 13.7. The van der Waals surface area contributed by atoms with Crippen molar-refractivity contribution in [3.05, 3.63) is 0 Å². The van der Waals surface area contributed by atoms with Crippen LogP contribution in [0, 0.1) is 5.92 Å². The number of ether oxygens (including phenoxy) is 1. The van der Waals surface area contributed by atoms with Crippen LogP contribution in [0.2, 0.25) is 0 Å². The third-order valence-corrected chi connectivity index (χ3v) is 4.78. The normalized spacial score (nSPS) is 30.4. The third kappa shape index (κ3) is 4.18. The summed E-state index contributed by atoms with van der Waals surface area (Å²) < 4.78 is 5.41. The molecular formula is C15H27NO3. The highest BCUT2D eigenvalue weighted by Gasteiger charge is 2.31. The number of hydrogen-bond donors (Lipinski definition) is 1. The molecule has 1 aliphatic heterocycles. The summed E-state index contributed by atoms with van der Waals surface area (Å²) in [5.74, 6) is 0.00555. The second-order valence-electron chi connectivity index (χ2n) is 5.96. The van der Waals surface area contributed by atoms with Gasteiger partial charge in [-0.1, -0.05) is 26.2 Å². The Morgan fingerprint density at radius 1 is 1.21 bits per heavy atom. The predicted octanol–water partition coefficient (Wildman–Crippen LogP) is 2.52. The summed E-state index contributed by atoms with van der Waals surface area (Å²) in [7, 11) is 0. The molecule has 110 valence electrons. The van der Waals surface area contributed by atoms with E-state index in [2.05, 4.69) is 11.8 Å². The van der Waals surface area contributed by atoms with Crippen LogP contribution in [-0.4, -0.2) is 47.8 Å². The third-order valence-electron chi connectivity index (χ3n) is 4.78. The Hall–Kier alpha value is -0.610. The van der Waals surface area contributed by atoms with Crippen LogP contribution in [0.25, 0.3) is 0 Å². The topological polar surface area (TPSA) is 49.8 Å². The number of likely N-dealkylation sites (tertiary alicyclic amines) is 1. The average Bonchev–Trinajstić information content (AvgIpc) is 2.45. The van der Waals surface area contributed by atoms with Gasteiger partial charge >= 0.3 is 5.97 Å². The number of carboxylic acid groups (broad SMARTS) is 1. The van der Waals surface area contributed by atoms with Gasteiger partial charge in [0.15, 0.2) is 0 Å². The van der Waals surface area contributed by atoms with Crippen molar-refractivity contribution in [1.29, 1.82) is 0 Å². The number of carboxylic acids is 1. The first-order chi connectivity index (χ1) is 9.20. The lowest BCUT2D eigenvalue weighted by Gasteiger charge is -2.43. The molecule has 1 aliphatic carbocycles. The molecule has 1 saturated heterocycles. The van der Waals surface area contributed by atoms with E-state index in [0.29, 0.717) is 0 Å². The summed E-state index contributed by atoms with van der Waals surface area (Å²) >= 11 is 0. The van der Waals surface area contributed by atoms with E-state index in [1.807, 2.05) is 0 Å². The number of carbonyl (C=O) groups is 1. The molecular weight excluding hydrogens is 242 g/mol. The zero-order valence-corrected chi connectivity index (χ0v) is 12.0. The maximum Gasteiger partial charge on any atom is 0.329 e. The zero-order valence-electron chi connectivity index (χ0n) is 12.0. The highest BCUT2D eigenvalue weighted by molar-refractivity contribution is 5.68. The Morgan fingerprint density at radius 3 is 2.53 bits per heavy atom. The molecule has 4 nitrogen and oxygen atoms in total. The summed E-state index contributed by atoms with van der Waals surface area (Å²) in [4.78, 5) is 13.1. The van der Waals surface area contributed by atoms with Gasteiger partial charge in [0.25, 0.3) is 0 Å². The summed E-state index contributed by atoms with van der Waals surface area (Å²) in [5, 5.41) is 8.63. The van der Waals surface area contributed by atoms with Gasteiger partial charge in [-0.2, -0.15) is 0 Å². The van der Waals surface area contributed by atoms with Crippen LogP contribution < -0.4 is 0 Å². The Kier molecular flexibility index (Phi) is 5.64. The summed E-state index contributed by atoms with van der Waals surface area (Å²) in [5.41, 5.74) is 0. The summed E-state index contributed by atoms with van der Waals surface area (Å²) in [6, 6.07) is 0.763. The highest BCUT2D eigenvalue weighted by atomic mass is 16.5. The lowest BCUT2D eigenvalue weighted by atomic mass is 9.81. The monoisotopic (exact) mass is 269 g/mol. The molecule has 0 bridgehead atoms. The molecule has 2 fully saturated rings. The fourth-order valence-corrected chi connectivity index (χ4v) is 3.71. The van der Waals surface area contributed by atoms with Crippen LogP contribution in [0.4, 0.5) is 0 Å². The van der Waals surface area contributed by atoms with Crippen molar-refractivity contribution >= 4 is 5.97 Å². The minimum absolute atomic E-state index is 0.147. The van der Waals surface area contributed by atoms with Gasteiger partial charge in [-0.3, -0.25) is 4.90 Å². The van der Waals surface area contributed by atoms with Crippen LogP contribution in [-0.2, 0) is 9.53 Å². The predicted molar refractivity (Wildman–Crippen MR) is 74.2 cm³/mol. The molecule has 0 aromatic heterocycles. The standard InChI is InChI=1S/C15H27NO3/c1-2-12-5-3-4-6-14(12)16-9-7-13(8-10-16)19-11-15(17)18/h12-14H,2-11H2,1H3,(H,17,18). The molecule has 0 amide bonds. The fourth-order valence-electron chi connectivity index (χ4n) is 3.71. The van der Waals surface area contributed by atoms with Crippen molar-refractivity contribution < 1.29 is 14.6 Å². The van der Waals surface area contributed by atoms with Gasteiger partial charge in [0.1, 0.15) is 6.61 Å². The lowest BCUT2D eigenvalue weighted by Crippen LogP contribution is -2.47. The van der Waals surface area contributed by atoms with Crippen LogP contribution in [0.1, 0.15) is 51.9 Å².